The van der Waals surface area contributed by atoms with E-state index in [0.717, 1.165) is 10.0 Å². The van der Waals surface area contributed by atoms with E-state index < -0.39 is 5.82 Å². The smallest absolute Gasteiger partial charge is 0.194 e. The van der Waals surface area contributed by atoms with Gasteiger partial charge in [0.2, 0.25) is 0 Å². The number of rotatable bonds is 2. The van der Waals surface area contributed by atoms with Crippen molar-refractivity contribution >= 4 is 33.3 Å². The summed E-state index contributed by atoms with van der Waals surface area (Å²) >= 11 is 9.31. The van der Waals surface area contributed by atoms with Crippen molar-refractivity contribution in [3.05, 3.63) is 67.9 Å². The van der Waals surface area contributed by atoms with E-state index in [2.05, 4.69) is 15.9 Å². The molecule has 1 nitrogen and oxygen atoms in total. The van der Waals surface area contributed by atoms with Gasteiger partial charge in [0.25, 0.3) is 0 Å². The fraction of sp³-hybridized carbons (Fsp3) is 0.133. The van der Waals surface area contributed by atoms with E-state index in [0.29, 0.717) is 16.7 Å². The topological polar surface area (TPSA) is 17.1 Å². The number of benzene rings is 2. The summed E-state index contributed by atoms with van der Waals surface area (Å²) in [6.07, 6.45) is 0. The molecule has 0 heterocycles. The van der Waals surface area contributed by atoms with Gasteiger partial charge in [0.1, 0.15) is 5.82 Å². The summed E-state index contributed by atoms with van der Waals surface area (Å²) in [5, 5.41) is 0.130. The zero-order chi connectivity index (χ0) is 14.2. The van der Waals surface area contributed by atoms with Crippen molar-refractivity contribution < 1.29 is 9.18 Å². The van der Waals surface area contributed by atoms with Crippen LogP contribution in [-0.4, -0.2) is 5.78 Å². The predicted octanol–water partition coefficient (Wildman–Crippen LogP) is 5.09. The third-order valence-corrected chi connectivity index (χ3v) is 3.57. The molecule has 0 spiro atoms. The van der Waals surface area contributed by atoms with Crippen molar-refractivity contribution in [3.8, 4) is 0 Å². The molecule has 0 aliphatic rings. The first kappa shape index (κ1) is 14.2. The number of aryl methyl sites for hydroxylation is 2. The summed E-state index contributed by atoms with van der Waals surface area (Å²) in [5.74, 6) is -0.621. The molecule has 0 fully saturated rings. The highest BCUT2D eigenvalue weighted by molar-refractivity contribution is 9.10. The van der Waals surface area contributed by atoms with Crippen molar-refractivity contribution in [3.63, 3.8) is 0 Å². The molecule has 0 saturated heterocycles. The second-order valence-corrected chi connectivity index (χ2v) is 5.75. The molecule has 0 aliphatic heterocycles. The molecule has 0 aromatic heterocycles. The standard InChI is InChI=1S/C15H11BrClFO/c1-8-3-10(6-11(16)4-8)15(19)12-5-9(2)14(18)7-13(12)17/h3-7H,1-2H3. The fourth-order valence-electron chi connectivity index (χ4n) is 1.85. The number of halogens is 3. The van der Waals surface area contributed by atoms with E-state index in [4.69, 9.17) is 11.6 Å². The molecule has 0 unspecified atom stereocenters. The number of carbonyl (C=O) groups is 1. The highest BCUT2D eigenvalue weighted by Gasteiger charge is 2.15. The first-order valence-corrected chi connectivity index (χ1v) is 6.83. The molecule has 2 rings (SSSR count). The molecule has 0 aliphatic carbocycles. The monoisotopic (exact) mass is 340 g/mol. The van der Waals surface area contributed by atoms with Crippen molar-refractivity contribution in [2.45, 2.75) is 13.8 Å². The van der Waals surface area contributed by atoms with E-state index in [1.54, 1.807) is 19.1 Å². The summed E-state index contributed by atoms with van der Waals surface area (Å²) < 4.78 is 14.2. The SMILES string of the molecule is Cc1cc(Br)cc(C(=O)c2cc(C)c(F)cc2Cl)c1. The van der Waals surface area contributed by atoms with E-state index in [-0.39, 0.29) is 10.8 Å². The van der Waals surface area contributed by atoms with Gasteiger partial charge >= 0.3 is 0 Å². The van der Waals surface area contributed by atoms with Gasteiger partial charge in [0.15, 0.2) is 5.78 Å². The molecular weight excluding hydrogens is 331 g/mol. The Morgan fingerprint density at radius 2 is 1.84 bits per heavy atom. The second kappa shape index (κ2) is 5.43. The normalized spacial score (nSPS) is 10.6. The minimum atomic E-state index is -0.410. The Labute approximate surface area is 124 Å². The summed E-state index contributed by atoms with van der Waals surface area (Å²) in [6, 6.07) is 8.08. The number of carbonyl (C=O) groups excluding carboxylic acids is 1. The van der Waals surface area contributed by atoms with Crippen LogP contribution in [0.3, 0.4) is 0 Å². The molecule has 4 heteroatoms. The summed E-state index contributed by atoms with van der Waals surface area (Å²) in [7, 11) is 0. The van der Waals surface area contributed by atoms with Crippen LogP contribution in [0.2, 0.25) is 5.02 Å². The van der Waals surface area contributed by atoms with E-state index >= 15 is 0 Å². The molecule has 0 radical (unpaired) electrons. The number of ketones is 1. The Hall–Kier alpha value is -1.19. The van der Waals surface area contributed by atoms with Crippen molar-refractivity contribution in [2.75, 3.05) is 0 Å². The summed E-state index contributed by atoms with van der Waals surface area (Å²) in [4.78, 5) is 12.4. The van der Waals surface area contributed by atoms with Gasteiger partial charge in [-0.05, 0) is 55.3 Å². The van der Waals surface area contributed by atoms with Crippen LogP contribution in [-0.2, 0) is 0 Å². The molecule has 19 heavy (non-hydrogen) atoms. The lowest BCUT2D eigenvalue weighted by Gasteiger charge is -2.07. The van der Waals surface area contributed by atoms with Gasteiger partial charge in [0.05, 0.1) is 5.02 Å². The average molecular weight is 342 g/mol. The van der Waals surface area contributed by atoms with E-state index in [1.807, 2.05) is 13.0 Å². The van der Waals surface area contributed by atoms with Crippen molar-refractivity contribution in [1.82, 2.24) is 0 Å². The first-order chi connectivity index (χ1) is 8.88. The summed E-state index contributed by atoms with van der Waals surface area (Å²) in [6.45, 7) is 3.51. The van der Waals surface area contributed by atoms with Gasteiger partial charge in [-0.3, -0.25) is 4.79 Å². The van der Waals surface area contributed by atoms with Gasteiger partial charge in [-0.15, -0.1) is 0 Å². The predicted molar refractivity (Wildman–Crippen MR) is 78.5 cm³/mol. The lowest BCUT2D eigenvalue weighted by Crippen LogP contribution is -2.04. The van der Waals surface area contributed by atoms with Crippen molar-refractivity contribution in [2.24, 2.45) is 0 Å². The molecule has 0 bridgehead atoms. The van der Waals surface area contributed by atoms with Crippen LogP contribution in [0, 0.1) is 19.7 Å². The summed E-state index contributed by atoms with van der Waals surface area (Å²) in [5.41, 5.74) is 2.21. The lowest BCUT2D eigenvalue weighted by atomic mass is 10.00. The van der Waals surface area contributed by atoms with Crippen LogP contribution >= 0.6 is 27.5 Å². The average Bonchev–Trinajstić information content (AvgIpc) is 2.31. The van der Waals surface area contributed by atoms with Crippen LogP contribution in [0.15, 0.2) is 34.8 Å². The third kappa shape index (κ3) is 3.04. The molecule has 0 amide bonds. The molecule has 98 valence electrons. The fourth-order valence-corrected chi connectivity index (χ4v) is 2.70. The first-order valence-electron chi connectivity index (χ1n) is 5.66. The molecule has 0 N–H and O–H groups in total. The highest BCUT2D eigenvalue weighted by atomic mass is 79.9. The molecule has 0 atom stereocenters. The molecule has 2 aromatic carbocycles. The molecular formula is C15H11BrClFO. The zero-order valence-corrected chi connectivity index (χ0v) is 12.8. The highest BCUT2D eigenvalue weighted by Crippen LogP contribution is 2.25. The number of hydrogen-bond acceptors (Lipinski definition) is 1. The van der Waals surface area contributed by atoms with Crippen LogP contribution < -0.4 is 0 Å². The number of hydrogen-bond donors (Lipinski definition) is 0. The Morgan fingerprint density at radius 1 is 1.16 bits per heavy atom. The minimum Gasteiger partial charge on any atom is -0.289 e. The van der Waals surface area contributed by atoms with Gasteiger partial charge < -0.3 is 0 Å². The quantitative estimate of drug-likeness (QED) is 0.695. The minimum absolute atomic E-state index is 0.130. The van der Waals surface area contributed by atoms with Gasteiger partial charge in [-0.1, -0.05) is 27.5 Å². The van der Waals surface area contributed by atoms with Crippen LogP contribution in [0.5, 0.6) is 0 Å². The lowest BCUT2D eigenvalue weighted by molar-refractivity contribution is 0.103. The van der Waals surface area contributed by atoms with E-state index in [1.165, 1.54) is 12.1 Å². The maximum Gasteiger partial charge on any atom is 0.194 e. The van der Waals surface area contributed by atoms with Crippen LogP contribution in [0.1, 0.15) is 27.0 Å². The molecule has 2 aromatic rings. The van der Waals surface area contributed by atoms with Crippen molar-refractivity contribution in [1.29, 1.82) is 0 Å². The maximum absolute atomic E-state index is 13.4. The largest absolute Gasteiger partial charge is 0.289 e. The van der Waals surface area contributed by atoms with Gasteiger partial charge in [0, 0.05) is 15.6 Å². The second-order valence-electron chi connectivity index (χ2n) is 4.43. The van der Waals surface area contributed by atoms with Crippen LogP contribution in [0.4, 0.5) is 4.39 Å². The Balaban J connectivity index is 2.53. The van der Waals surface area contributed by atoms with Crippen LogP contribution in [0.25, 0.3) is 0 Å². The van der Waals surface area contributed by atoms with Gasteiger partial charge in [-0.25, -0.2) is 4.39 Å². The Bertz CT molecular complexity index is 647. The third-order valence-electron chi connectivity index (χ3n) is 2.80. The van der Waals surface area contributed by atoms with E-state index in [9.17, 15) is 9.18 Å². The zero-order valence-electron chi connectivity index (χ0n) is 10.4. The Morgan fingerprint density at radius 3 is 2.47 bits per heavy atom. The van der Waals surface area contributed by atoms with Gasteiger partial charge in [-0.2, -0.15) is 0 Å². The molecule has 0 saturated carbocycles. The Kier molecular flexibility index (Phi) is 4.07. The maximum atomic E-state index is 13.4.